The van der Waals surface area contributed by atoms with Crippen LogP contribution in [0.1, 0.15) is 57.2 Å². The van der Waals surface area contributed by atoms with E-state index in [1.807, 2.05) is 108 Å². The fourth-order valence-electron chi connectivity index (χ4n) is 8.09. The molecule has 1 saturated heterocycles. The third kappa shape index (κ3) is 12.5. The zero-order chi connectivity index (χ0) is 48.1. The number of benzene rings is 5. The highest BCUT2D eigenvalue weighted by Crippen LogP contribution is 2.49. The Bertz CT molecular complexity index is 2420. The number of halogens is 1. The Morgan fingerprint density at radius 3 is 2.03 bits per heavy atom. The number of azo groups is 1. The summed E-state index contributed by atoms with van der Waals surface area (Å²) >= 11 is 6.22. The molecule has 1 fully saturated rings. The molecule has 1 unspecified atom stereocenters. The minimum atomic E-state index is -1.60. The molecule has 0 radical (unpaired) electrons. The standard InChI is InChI=1S/C50H57ClN7O8P/c1-35(2)57(36(3)4)67(65-29-11-28-52)66-46-30-43(34-64-50(37-12-9-8-10-13-37,38-14-23-44(62-6)24-15-38)39-16-25-45(63-7)26-17-39)56(32-46)49(59)33-55(5)41-20-18-40(19-21-41)53-54-48-27-22-42(58(60)61)31-47(48)51/h8-10,12-27,31,35-36,43,46H,11,29-30,32-34H2,1-7H3/t43-,46+,67?/m0/s1. The second-order valence-electron chi connectivity index (χ2n) is 16.5. The predicted molar refractivity (Wildman–Crippen MR) is 260 cm³/mol. The first-order valence-corrected chi connectivity index (χ1v) is 23.5. The van der Waals surface area contributed by atoms with Crippen molar-refractivity contribution in [1.29, 1.82) is 5.26 Å². The first-order valence-electron chi connectivity index (χ1n) is 22.0. The molecule has 0 spiro atoms. The molecule has 5 aromatic rings. The number of hydrogen-bond donors (Lipinski definition) is 0. The number of amides is 1. The lowest BCUT2D eigenvalue weighted by atomic mass is 9.80. The molecule has 15 nitrogen and oxygen atoms in total. The third-order valence-electron chi connectivity index (χ3n) is 11.3. The lowest BCUT2D eigenvalue weighted by Crippen LogP contribution is -2.45. The summed E-state index contributed by atoms with van der Waals surface area (Å²) in [6.45, 7) is 9.07. The predicted octanol–water partition coefficient (Wildman–Crippen LogP) is 11.4. The van der Waals surface area contributed by atoms with Crippen LogP contribution in [0.15, 0.2) is 132 Å². The highest BCUT2D eigenvalue weighted by atomic mass is 35.5. The van der Waals surface area contributed by atoms with Crippen molar-refractivity contribution in [3.63, 3.8) is 0 Å². The van der Waals surface area contributed by atoms with E-state index in [4.69, 9.17) is 34.9 Å². The number of carbonyl (C=O) groups excluding carboxylic acids is 1. The highest BCUT2D eigenvalue weighted by Gasteiger charge is 2.43. The Kier molecular flexibility index (Phi) is 17.8. The van der Waals surface area contributed by atoms with Crippen molar-refractivity contribution >= 4 is 48.8 Å². The third-order valence-corrected chi connectivity index (χ3v) is 13.8. The van der Waals surface area contributed by atoms with Gasteiger partial charge in [0, 0.05) is 43.5 Å². The molecule has 17 heteroatoms. The minimum absolute atomic E-state index is 0.0425. The number of nitrogens with zero attached hydrogens (tertiary/aromatic N) is 7. The number of anilines is 1. The molecular formula is C50H57ClN7O8P. The van der Waals surface area contributed by atoms with E-state index in [1.54, 1.807) is 26.4 Å². The summed E-state index contributed by atoms with van der Waals surface area (Å²) in [5, 5.41) is 29.0. The van der Waals surface area contributed by atoms with Crippen molar-refractivity contribution in [3.05, 3.63) is 153 Å². The van der Waals surface area contributed by atoms with Crippen molar-refractivity contribution in [2.24, 2.45) is 10.2 Å². The van der Waals surface area contributed by atoms with Gasteiger partial charge >= 0.3 is 0 Å². The van der Waals surface area contributed by atoms with Gasteiger partial charge in [-0.2, -0.15) is 10.4 Å². The van der Waals surface area contributed by atoms with Crippen molar-refractivity contribution in [2.75, 3.05) is 52.5 Å². The first-order chi connectivity index (χ1) is 32.3. The Morgan fingerprint density at radius 2 is 1.49 bits per heavy atom. The van der Waals surface area contributed by atoms with Gasteiger partial charge in [-0.25, -0.2) is 4.67 Å². The second kappa shape index (κ2) is 23.7. The largest absolute Gasteiger partial charge is 0.497 e. The van der Waals surface area contributed by atoms with Crippen molar-refractivity contribution < 1.29 is 33.0 Å². The van der Waals surface area contributed by atoms with E-state index in [0.29, 0.717) is 35.8 Å². The van der Waals surface area contributed by atoms with Crippen molar-refractivity contribution in [1.82, 2.24) is 9.57 Å². The first kappa shape index (κ1) is 50.4. The van der Waals surface area contributed by atoms with E-state index in [-0.39, 0.29) is 54.9 Å². The summed E-state index contributed by atoms with van der Waals surface area (Å²) in [6, 6.07) is 38.8. The van der Waals surface area contributed by atoms with E-state index in [1.165, 1.54) is 18.2 Å². The molecule has 1 aliphatic heterocycles. The Labute approximate surface area is 398 Å². The molecular weight excluding hydrogens is 893 g/mol. The monoisotopic (exact) mass is 949 g/mol. The number of carbonyl (C=O) groups is 1. The fraction of sp³-hybridized carbons (Fsp3) is 0.360. The van der Waals surface area contributed by atoms with Gasteiger partial charge in [0.1, 0.15) is 22.8 Å². The van der Waals surface area contributed by atoms with Crippen molar-refractivity contribution in [2.45, 2.75) is 70.4 Å². The summed E-state index contributed by atoms with van der Waals surface area (Å²) in [7, 11) is 3.52. The van der Waals surface area contributed by atoms with E-state index in [2.05, 4.69) is 48.7 Å². The fourth-order valence-corrected chi connectivity index (χ4v) is 10.0. The number of nitro benzene ring substituents is 1. The number of ether oxygens (including phenoxy) is 3. The van der Waals surface area contributed by atoms with Gasteiger partial charge in [0.05, 0.1) is 74.2 Å². The molecule has 1 aliphatic rings. The average Bonchev–Trinajstić information content (AvgIpc) is 3.74. The zero-order valence-electron chi connectivity index (χ0n) is 38.8. The summed E-state index contributed by atoms with van der Waals surface area (Å²) in [5.74, 6) is 1.28. The van der Waals surface area contributed by atoms with Crippen LogP contribution in [0.25, 0.3) is 0 Å². The SMILES string of the molecule is COc1ccc(C(OC[C@@H]2C[C@@H](OP(OCCC#N)N(C(C)C)C(C)C)CN2C(=O)CN(C)c2ccc(N=Nc3ccc([N+](=O)[O-])cc3Cl)cc2)(c2ccccc2)c2ccc(OC)cc2)cc1. The number of nitriles is 1. The summed E-state index contributed by atoms with van der Waals surface area (Å²) in [4.78, 5) is 29.0. The van der Waals surface area contributed by atoms with Gasteiger partial charge in [-0.3, -0.25) is 14.9 Å². The topological polar surface area (TPSA) is 165 Å². The van der Waals surface area contributed by atoms with Crippen LogP contribution in [0.5, 0.6) is 11.5 Å². The normalized spacial score (nSPS) is 15.6. The van der Waals surface area contributed by atoms with Crippen LogP contribution in [0.3, 0.4) is 0 Å². The van der Waals surface area contributed by atoms with Crippen LogP contribution < -0.4 is 14.4 Å². The summed E-state index contributed by atoms with van der Waals surface area (Å²) in [6.07, 6.45) is 0.285. The van der Waals surface area contributed by atoms with Gasteiger partial charge in [0.25, 0.3) is 14.2 Å². The smallest absolute Gasteiger partial charge is 0.271 e. The maximum Gasteiger partial charge on any atom is 0.271 e. The Morgan fingerprint density at radius 1 is 0.896 bits per heavy atom. The number of likely N-dealkylation sites (tertiary alicyclic amines) is 1. The molecule has 1 amide bonds. The molecule has 6 rings (SSSR count). The maximum absolute atomic E-state index is 14.7. The van der Waals surface area contributed by atoms with Gasteiger partial charge < -0.3 is 33.1 Å². The number of methoxy groups -OCH3 is 2. The number of likely N-dealkylation sites (N-methyl/N-ethyl adjacent to an activating group) is 1. The molecule has 1 heterocycles. The quantitative estimate of drug-likeness (QED) is 0.0162. The van der Waals surface area contributed by atoms with Crippen LogP contribution in [0.2, 0.25) is 5.02 Å². The lowest BCUT2D eigenvalue weighted by Gasteiger charge is -2.38. The Balaban J connectivity index is 1.31. The van der Waals surface area contributed by atoms with Gasteiger partial charge in [-0.1, -0.05) is 66.2 Å². The molecule has 3 atom stereocenters. The van der Waals surface area contributed by atoms with Crippen LogP contribution >= 0.6 is 20.1 Å². The number of nitro groups is 1. The molecule has 0 N–H and O–H groups in total. The maximum atomic E-state index is 14.7. The van der Waals surface area contributed by atoms with E-state index < -0.39 is 31.2 Å². The molecule has 0 bridgehead atoms. The van der Waals surface area contributed by atoms with Crippen molar-refractivity contribution in [3.8, 4) is 17.6 Å². The molecule has 352 valence electrons. The Hall–Kier alpha value is -5.98. The summed E-state index contributed by atoms with van der Waals surface area (Å²) in [5.41, 5.74) is 2.95. The second-order valence-corrected chi connectivity index (χ2v) is 18.3. The van der Waals surface area contributed by atoms with Gasteiger partial charge in [0.15, 0.2) is 0 Å². The van der Waals surface area contributed by atoms with Crippen LogP contribution in [0, 0.1) is 21.4 Å². The van der Waals surface area contributed by atoms with E-state index in [9.17, 15) is 20.2 Å². The number of rotatable bonds is 22. The molecule has 0 saturated carbocycles. The molecule has 5 aromatic carbocycles. The van der Waals surface area contributed by atoms with Gasteiger partial charge in [-0.05, 0) is 105 Å². The highest BCUT2D eigenvalue weighted by molar-refractivity contribution is 7.44. The van der Waals surface area contributed by atoms with Gasteiger partial charge in [0.2, 0.25) is 5.91 Å². The zero-order valence-corrected chi connectivity index (χ0v) is 40.5. The van der Waals surface area contributed by atoms with E-state index in [0.717, 1.165) is 22.4 Å². The average molecular weight is 950 g/mol. The lowest BCUT2D eigenvalue weighted by molar-refractivity contribution is -0.384. The number of hydrogen-bond acceptors (Lipinski definition) is 13. The molecule has 67 heavy (non-hydrogen) atoms. The molecule has 0 aromatic heterocycles. The van der Waals surface area contributed by atoms with Crippen LogP contribution in [-0.4, -0.2) is 92.2 Å². The summed E-state index contributed by atoms with van der Waals surface area (Å²) < 4.78 is 33.9. The minimum Gasteiger partial charge on any atom is -0.497 e. The number of non-ortho nitro benzene ring substituents is 1. The van der Waals surface area contributed by atoms with Crippen LogP contribution in [0.4, 0.5) is 22.7 Å². The molecule has 0 aliphatic carbocycles. The van der Waals surface area contributed by atoms with Crippen LogP contribution in [-0.2, 0) is 24.2 Å². The van der Waals surface area contributed by atoms with Gasteiger partial charge in [-0.15, -0.1) is 5.11 Å². The van der Waals surface area contributed by atoms with E-state index >= 15 is 0 Å².